The maximum absolute atomic E-state index is 10.6. The lowest BCUT2D eigenvalue weighted by molar-refractivity contribution is 0.172. The van der Waals surface area contributed by atoms with Crippen molar-refractivity contribution in [3.8, 4) is 0 Å². The first kappa shape index (κ1) is 15.1. The first-order valence-corrected chi connectivity index (χ1v) is 8.16. The number of carboxylic acid groups (broad SMARTS) is 1. The minimum Gasteiger partial charge on any atom is -0.465 e. The normalized spacial score (nSPS) is 30.5. The second-order valence-electron chi connectivity index (χ2n) is 6.41. The molecule has 0 heterocycles. The zero-order chi connectivity index (χ0) is 15.5. The van der Waals surface area contributed by atoms with E-state index in [0.29, 0.717) is 18.0 Å². The van der Waals surface area contributed by atoms with Crippen molar-refractivity contribution in [3.05, 3.63) is 41.5 Å². The average molecular weight is 300 g/mol. The number of rotatable bonds is 6. The van der Waals surface area contributed by atoms with E-state index in [1.54, 1.807) is 0 Å². The van der Waals surface area contributed by atoms with Crippen LogP contribution in [-0.4, -0.2) is 29.3 Å². The van der Waals surface area contributed by atoms with Crippen molar-refractivity contribution in [3.63, 3.8) is 0 Å². The largest absolute Gasteiger partial charge is 0.465 e. The molecule has 0 aromatic heterocycles. The fraction of sp³-hybridized carbons (Fsp3) is 0.500. The molecule has 1 amide bonds. The Morgan fingerprint density at radius 3 is 2.59 bits per heavy atom. The average Bonchev–Trinajstić information content (AvgIpc) is 3.22. The van der Waals surface area contributed by atoms with Crippen LogP contribution in [0.1, 0.15) is 38.2 Å². The van der Waals surface area contributed by atoms with Crippen molar-refractivity contribution in [2.45, 2.75) is 50.7 Å². The summed E-state index contributed by atoms with van der Waals surface area (Å²) < 4.78 is 0. The zero-order valence-electron chi connectivity index (χ0n) is 13.0. The lowest BCUT2D eigenvalue weighted by Crippen LogP contribution is -2.52. The van der Waals surface area contributed by atoms with Gasteiger partial charge in [-0.1, -0.05) is 48.9 Å². The molecule has 1 aromatic rings. The molecule has 0 radical (unpaired) electrons. The van der Waals surface area contributed by atoms with Crippen molar-refractivity contribution in [2.24, 2.45) is 5.92 Å². The van der Waals surface area contributed by atoms with Gasteiger partial charge in [0, 0.05) is 18.1 Å². The molecule has 2 aliphatic carbocycles. The molecule has 4 heteroatoms. The summed E-state index contributed by atoms with van der Waals surface area (Å²) in [5.74, 6) is 0.650. The Morgan fingerprint density at radius 1 is 1.23 bits per heavy atom. The van der Waals surface area contributed by atoms with Crippen molar-refractivity contribution in [1.29, 1.82) is 0 Å². The van der Waals surface area contributed by atoms with Gasteiger partial charge in [0.05, 0.1) is 0 Å². The van der Waals surface area contributed by atoms with E-state index < -0.39 is 6.09 Å². The third kappa shape index (κ3) is 3.69. The van der Waals surface area contributed by atoms with Crippen LogP contribution in [0.25, 0.3) is 6.08 Å². The second kappa shape index (κ2) is 6.53. The number of hydrogen-bond donors (Lipinski definition) is 3. The fourth-order valence-electron chi connectivity index (χ4n) is 3.37. The highest BCUT2D eigenvalue weighted by molar-refractivity contribution is 5.65. The molecule has 3 N–H and O–H groups in total. The molecule has 0 saturated heterocycles. The third-order valence-corrected chi connectivity index (χ3v) is 4.74. The topological polar surface area (TPSA) is 61.4 Å². The van der Waals surface area contributed by atoms with Crippen molar-refractivity contribution in [1.82, 2.24) is 10.6 Å². The number of carbonyl (C=O) groups is 1. The van der Waals surface area contributed by atoms with Gasteiger partial charge < -0.3 is 15.7 Å². The van der Waals surface area contributed by atoms with E-state index in [2.05, 4.69) is 47.9 Å². The summed E-state index contributed by atoms with van der Waals surface area (Å²) in [5.41, 5.74) is 2.79. The molecule has 22 heavy (non-hydrogen) atoms. The Labute approximate surface area is 131 Å². The first-order chi connectivity index (χ1) is 10.7. The van der Waals surface area contributed by atoms with Gasteiger partial charge in [-0.25, -0.2) is 4.79 Å². The zero-order valence-corrected chi connectivity index (χ0v) is 13.0. The Bertz CT molecular complexity index is 549. The van der Waals surface area contributed by atoms with Crippen LogP contribution in [0.2, 0.25) is 0 Å². The van der Waals surface area contributed by atoms with Crippen LogP contribution in [0.4, 0.5) is 4.79 Å². The molecule has 0 bridgehead atoms. The van der Waals surface area contributed by atoms with Gasteiger partial charge in [-0.05, 0) is 37.2 Å². The SMILES string of the molecule is CCC(=Cc1ccccc1)C1C[C@@H]1NC1CC(NC(=O)O)C1. The van der Waals surface area contributed by atoms with Gasteiger partial charge in [0.2, 0.25) is 0 Å². The molecule has 3 rings (SSSR count). The van der Waals surface area contributed by atoms with E-state index in [4.69, 9.17) is 5.11 Å². The minimum absolute atomic E-state index is 0.137. The summed E-state index contributed by atoms with van der Waals surface area (Å²) >= 11 is 0. The summed E-state index contributed by atoms with van der Waals surface area (Å²) in [6, 6.07) is 11.7. The highest BCUT2D eigenvalue weighted by Crippen LogP contribution is 2.41. The maximum Gasteiger partial charge on any atom is 0.404 e. The second-order valence-corrected chi connectivity index (χ2v) is 6.41. The predicted octanol–water partition coefficient (Wildman–Crippen LogP) is 3.26. The molecule has 2 saturated carbocycles. The van der Waals surface area contributed by atoms with Crippen molar-refractivity contribution < 1.29 is 9.90 Å². The highest BCUT2D eigenvalue weighted by atomic mass is 16.4. The maximum atomic E-state index is 10.6. The van der Waals surface area contributed by atoms with Gasteiger partial charge in [-0.3, -0.25) is 0 Å². The molecule has 2 atom stereocenters. The standard InChI is InChI=1S/C18H24N2O2/c1-2-13(8-12-6-4-3-5-7-12)16-11-17(16)19-14-9-15(10-14)20-18(21)22/h3-8,14-17,19-20H,2,9-11H2,1H3,(H,21,22)/t14?,15?,16?,17-/m0/s1. The fourth-order valence-corrected chi connectivity index (χ4v) is 3.37. The molecular formula is C18H24N2O2. The monoisotopic (exact) mass is 300 g/mol. The van der Waals surface area contributed by atoms with E-state index >= 15 is 0 Å². The molecular weight excluding hydrogens is 276 g/mol. The Balaban J connectivity index is 1.47. The first-order valence-electron chi connectivity index (χ1n) is 8.16. The van der Waals surface area contributed by atoms with E-state index in [1.165, 1.54) is 17.6 Å². The van der Waals surface area contributed by atoms with Gasteiger partial charge in [-0.2, -0.15) is 0 Å². The van der Waals surface area contributed by atoms with Crippen LogP contribution >= 0.6 is 0 Å². The quantitative estimate of drug-likeness (QED) is 0.755. The number of amides is 1. The van der Waals surface area contributed by atoms with Gasteiger partial charge in [0.1, 0.15) is 0 Å². The van der Waals surface area contributed by atoms with Crippen LogP contribution in [0.5, 0.6) is 0 Å². The molecule has 2 aliphatic rings. The third-order valence-electron chi connectivity index (χ3n) is 4.74. The van der Waals surface area contributed by atoms with Crippen LogP contribution < -0.4 is 10.6 Å². The van der Waals surface area contributed by atoms with E-state index in [1.807, 2.05) is 6.07 Å². The summed E-state index contributed by atoms with van der Waals surface area (Å²) in [6.07, 6.45) is 5.54. The Morgan fingerprint density at radius 2 is 1.95 bits per heavy atom. The van der Waals surface area contributed by atoms with E-state index in [-0.39, 0.29) is 6.04 Å². The van der Waals surface area contributed by atoms with Gasteiger partial charge in [-0.15, -0.1) is 0 Å². The summed E-state index contributed by atoms with van der Waals surface area (Å²) in [5, 5.41) is 14.9. The number of nitrogens with one attached hydrogen (secondary N) is 2. The number of hydrogen-bond acceptors (Lipinski definition) is 2. The highest BCUT2D eigenvalue weighted by Gasteiger charge is 2.42. The lowest BCUT2D eigenvalue weighted by atomic mass is 9.86. The molecule has 1 unspecified atom stereocenters. The molecule has 1 aromatic carbocycles. The summed E-state index contributed by atoms with van der Waals surface area (Å²) in [6.45, 7) is 2.22. The molecule has 2 fully saturated rings. The van der Waals surface area contributed by atoms with Crippen molar-refractivity contribution in [2.75, 3.05) is 0 Å². The number of benzene rings is 1. The van der Waals surface area contributed by atoms with Gasteiger partial charge >= 0.3 is 6.09 Å². The van der Waals surface area contributed by atoms with Crippen LogP contribution in [0.3, 0.4) is 0 Å². The summed E-state index contributed by atoms with van der Waals surface area (Å²) in [7, 11) is 0. The smallest absolute Gasteiger partial charge is 0.404 e. The predicted molar refractivity (Wildman–Crippen MR) is 87.7 cm³/mol. The van der Waals surface area contributed by atoms with Crippen LogP contribution in [0.15, 0.2) is 35.9 Å². The van der Waals surface area contributed by atoms with E-state index in [9.17, 15) is 4.79 Å². The van der Waals surface area contributed by atoms with Crippen LogP contribution in [0, 0.1) is 5.92 Å². The lowest BCUT2D eigenvalue weighted by Gasteiger charge is -2.36. The molecule has 4 nitrogen and oxygen atoms in total. The van der Waals surface area contributed by atoms with Crippen molar-refractivity contribution >= 4 is 12.2 Å². The molecule has 0 spiro atoms. The Kier molecular flexibility index (Phi) is 4.48. The molecule has 0 aliphatic heterocycles. The van der Waals surface area contributed by atoms with Gasteiger partial charge in [0.25, 0.3) is 0 Å². The van der Waals surface area contributed by atoms with Gasteiger partial charge in [0.15, 0.2) is 0 Å². The molecule has 118 valence electrons. The van der Waals surface area contributed by atoms with Crippen LogP contribution in [-0.2, 0) is 0 Å². The minimum atomic E-state index is -0.910. The summed E-state index contributed by atoms with van der Waals surface area (Å²) in [4.78, 5) is 10.6. The Hall–Kier alpha value is -1.81. The van der Waals surface area contributed by atoms with E-state index in [0.717, 1.165) is 19.3 Å².